The maximum Gasteiger partial charge on any atom is 0.252 e. The van der Waals surface area contributed by atoms with Crippen molar-refractivity contribution < 1.29 is 4.79 Å². The van der Waals surface area contributed by atoms with Crippen molar-refractivity contribution >= 4 is 44.7 Å². The number of anilines is 3. The molecule has 26 heavy (non-hydrogen) atoms. The van der Waals surface area contributed by atoms with Gasteiger partial charge in [-0.3, -0.25) is 4.79 Å². The standard InChI is InChI=1S/C23H16ClNO/c24-23(26)18-13-15-20(16-14-18)25(19-9-2-1-3-10-19)22-12-6-8-17-7-4-5-11-21(17)22/h1-16H. The summed E-state index contributed by atoms with van der Waals surface area (Å²) in [6.45, 7) is 0. The Kier molecular flexibility index (Phi) is 4.42. The molecule has 0 fully saturated rings. The largest absolute Gasteiger partial charge is 0.310 e. The SMILES string of the molecule is O=C(Cl)c1ccc(N(c2ccccc2)c2cccc3ccccc23)cc1. The van der Waals surface area contributed by atoms with Gasteiger partial charge in [-0.25, -0.2) is 0 Å². The number of hydrogen-bond acceptors (Lipinski definition) is 2. The molecule has 0 aliphatic rings. The second kappa shape index (κ2) is 7.03. The first-order chi connectivity index (χ1) is 12.7. The molecule has 0 heterocycles. The molecule has 126 valence electrons. The van der Waals surface area contributed by atoms with Crippen LogP contribution in [0.15, 0.2) is 97.1 Å². The quantitative estimate of drug-likeness (QED) is 0.379. The van der Waals surface area contributed by atoms with Gasteiger partial charge in [0.15, 0.2) is 0 Å². The maximum atomic E-state index is 11.4. The van der Waals surface area contributed by atoms with Crippen LogP contribution in [0.1, 0.15) is 10.4 Å². The lowest BCUT2D eigenvalue weighted by molar-refractivity contribution is 0.108. The van der Waals surface area contributed by atoms with Gasteiger partial charge in [0.25, 0.3) is 5.24 Å². The predicted octanol–water partition coefficient (Wildman–Crippen LogP) is 6.69. The van der Waals surface area contributed by atoms with Crippen LogP contribution in [-0.4, -0.2) is 5.24 Å². The number of nitrogens with zero attached hydrogens (tertiary/aromatic N) is 1. The Balaban J connectivity index is 1.93. The van der Waals surface area contributed by atoms with Crippen molar-refractivity contribution in [2.45, 2.75) is 0 Å². The topological polar surface area (TPSA) is 20.3 Å². The first-order valence-corrected chi connectivity index (χ1v) is 8.75. The third-order valence-electron chi connectivity index (χ3n) is 4.37. The normalized spacial score (nSPS) is 10.7. The Morgan fingerprint density at radius 2 is 1.27 bits per heavy atom. The number of carbonyl (C=O) groups is 1. The van der Waals surface area contributed by atoms with E-state index < -0.39 is 5.24 Å². The summed E-state index contributed by atoms with van der Waals surface area (Å²) in [4.78, 5) is 13.6. The Bertz CT molecular complexity index is 1050. The van der Waals surface area contributed by atoms with Crippen LogP contribution in [0.3, 0.4) is 0 Å². The van der Waals surface area contributed by atoms with E-state index in [1.54, 1.807) is 12.1 Å². The molecule has 4 aromatic carbocycles. The van der Waals surface area contributed by atoms with Gasteiger partial charge in [0.05, 0.1) is 5.69 Å². The van der Waals surface area contributed by atoms with Crippen molar-refractivity contribution in [1.29, 1.82) is 0 Å². The van der Waals surface area contributed by atoms with Gasteiger partial charge in [-0.05, 0) is 59.5 Å². The van der Waals surface area contributed by atoms with Gasteiger partial charge in [-0.15, -0.1) is 0 Å². The van der Waals surface area contributed by atoms with E-state index in [0.29, 0.717) is 5.56 Å². The van der Waals surface area contributed by atoms with Crippen LogP contribution in [-0.2, 0) is 0 Å². The average Bonchev–Trinajstić information content (AvgIpc) is 2.70. The van der Waals surface area contributed by atoms with Crippen LogP contribution >= 0.6 is 11.6 Å². The van der Waals surface area contributed by atoms with Gasteiger partial charge in [-0.1, -0.05) is 54.6 Å². The van der Waals surface area contributed by atoms with Gasteiger partial charge in [0.1, 0.15) is 0 Å². The van der Waals surface area contributed by atoms with Crippen LogP contribution in [0.4, 0.5) is 17.1 Å². The van der Waals surface area contributed by atoms with E-state index >= 15 is 0 Å². The van der Waals surface area contributed by atoms with Crippen LogP contribution in [0.2, 0.25) is 0 Å². The smallest absolute Gasteiger partial charge is 0.252 e. The minimum Gasteiger partial charge on any atom is -0.310 e. The fraction of sp³-hybridized carbons (Fsp3) is 0. The van der Waals surface area contributed by atoms with Crippen molar-refractivity contribution in [1.82, 2.24) is 0 Å². The Labute approximate surface area is 157 Å². The van der Waals surface area contributed by atoms with E-state index in [1.165, 1.54) is 5.39 Å². The van der Waals surface area contributed by atoms with E-state index in [2.05, 4.69) is 47.4 Å². The number of fused-ring (bicyclic) bond motifs is 1. The molecule has 3 heteroatoms. The van der Waals surface area contributed by atoms with Crippen LogP contribution in [0.5, 0.6) is 0 Å². The molecule has 0 aliphatic carbocycles. The van der Waals surface area contributed by atoms with Crippen LogP contribution in [0, 0.1) is 0 Å². The fourth-order valence-electron chi connectivity index (χ4n) is 3.15. The van der Waals surface area contributed by atoms with E-state index in [4.69, 9.17) is 11.6 Å². The summed E-state index contributed by atoms with van der Waals surface area (Å²) in [5.41, 5.74) is 3.59. The van der Waals surface area contributed by atoms with E-state index in [0.717, 1.165) is 22.4 Å². The van der Waals surface area contributed by atoms with Crippen molar-refractivity contribution in [2.24, 2.45) is 0 Å². The Morgan fingerprint density at radius 3 is 2.00 bits per heavy atom. The molecule has 0 radical (unpaired) electrons. The molecule has 0 aliphatic heterocycles. The van der Waals surface area contributed by atoms with E-state index in [-0.39, 0.29) is 0 Å². The molecule has 0 saturated carbocycles. The molecular formula is C23H16ClNO. The van der Waals surface area contributed by atoms with Gasteiger partial charge in [0.2, 0.25) is 0 Å². The van der Waals surface area contributed by atoms with Crippen molar-refractivity contribution in [3.63, 3.8) is 0 Å². The summed E-state index contributed by atoms with van der Waals surface area (Å²) in [6, 6.07) is 32.1. The number of halogens is 1. The highest BCUT2D eigenvalue weighted by atomic mass is 35.5. The Morgan fingerprint density at radius 1 is 0.654 bits per heavy atom. The lowest BCUT2D eigenvalue weighted by atomic mass is 10.1. The highest BCUT2D eigenvalue weighted by Gasteiger charge is 2.15. The molecule has 4 rings (SSSR count). The van der Waals surface area contributed by atoms with Gasteiger partial charge < -0.3 is 4.90 Å². The monoisotopic (exact) mass is 357 g/mol. The Hall–Kier alpha value is -3.10. The second-order valence-corrected chi connectivity index (χ2v) is 6.33. The average molecular weight is 358 g/mol. The number of hydrogen-bond donors (Lipinski definition) is 0. The summed E-state index contributed by atoms with van der Waals surface area (Å²) in [5.74, 6) is 0. The molecule has 0 atom stereocenters. The molecular weight excluding hydrogens is 342 g/mol. The van der Waals surface area contributed by atoms with Crippen molar-refractivity contribution in [3.05, 3.63) is 103 Å². The molecule has 0 saturated heterocycles. The lowest BCUT2D eigenvalue weighted by Gasteiger charge is -2.26. The molecule has 0 unspecified atom stereocenters. The summed E-state index contributed by atoms with van der Waals surface area (Å²) < 4.78 is 0. The molecule has 4 aromatic rings. The maximum absolute atomic E-state index is 11.4. The zero-order chi connectivity index (χ0) is 17.9. The number of rotatable bonds is 4. The summed E-state index contributed by atoms with van der Waals surface area (Å²) in [5, 5.41) is 1.89. The summed E-state index contributed by atoms with van der Waals surface area (Å²) in [7, 11) is 0. The summed E-state index contributed by atoms with van der Waals surface area (Å²) >= 11 is 5.59. The van der Waals surface area contributed by atoms with Gasteiger partial charge >= 0.3 is 0 Å². The minimum atomic E-state index is -0.451. The van der Waals surface area contributed by atoms with Crippen molar-refractivity contribution in [3.8, 4) is 0 Å². The zero-order valence-electron chi connectivity index (χ0n) is 14.0. The zero-order valence-corrected chi connectivity index (χ0v) is 14.7. The molecule has 0 amide bonds. The number of carbonyl (C=O) groups excluding carboxylic acids is 1. The second-order valence-electron chi connectivity index (χ2n) is 5.99. The third-order valence-corrected chi connectivity index (χ3v) is 4.59. The molecule has 0 bridgehead atoms. The van der Waals surface area contributed by atoms with Crippen molar-refractivity contribution in [2.75, 3.05) is 4.90 Å². The van der Waals surface area contributed by atoms with Gasteiger partial charge in [0, 0.05) is 22.3 Å². The van der Waals surface area contributed by atoms with E-state index in [1.807, 2.05) is 42.5 Å². The van der Waals surface area contributed by atoms with E-state index in [9.17, 15) is 4.79 Å². The molecule has 0 N–H and O–H groups in total. The van der Waals surface area contributed by atoms with Gasteiger partial charge in [-0.2, -0.15) is 0 Å². The van der Waals surface area contributed by atoms with Crippen LogP contribution in [0.25, 0.3) is 10.8 Å². The molecule has 0 aromatic heterocycles. The first kappa shape index (κ1) is 16.4. The fourth-order valence-corrected chi connectivity index (χ4v) is 3.28. The summed E-state index contributed by atoms with van der Waals surface area (Å²) in [6.07, 6.45) is 0. The molecule has 0 spiro atoms. The van der Waals surface area contributed by atoms with Crippen LogP contribution < -0.4 is 4.90 Å². The number of benzene rings is 4. The highest BCUT2D eigenvalue weighted by Crippen LogP contribution is 2.38. The first-order valence-electron chi connectivity index (χ1n) is 8.37. The predicted molar refractivity (Wildman–Crippen MR) is 109 cm³/mol. The lowest BCUT2D eigenvalue weighted by Crippen LogP contribution is -2.10. The molecule has 2 nitrogen and oxygen atoms in total. The number of para-hydroxylation sites is 1. The third kappa shape index (κ3) is 3.07. The highest BCUT2D eigenvalue weighted by molar-refractivity contribution is 6.67. The minimum absolute atomic E-state index is 0.451.